The number of halogens is 3. The first kappa shape index (κ1) is 24.7. The largest absolute Gasteiger partial charge is 0.490 e. The summed E-state index contributed by atoms with van der Waals surface area (Å²) >= 11 is 0. The molecule has 3 heterocycles. The number of furan rings is 1. The quantitative estimate of drug-likeness (QED) is 0.762. The van der Waals surface area contributed by atoms with Crippen molar-refractivity contribution in [2.45, 2.75) is 44.3 Å². The molecular weight excluding hydrogens is 419 g/mol. The zero-order valence-electron chi connectivity index (χ0n) is 17.9. The number of alkyl halides is 3. The summed E-state index contributed by atoms with van der Waals surface area (Å²) in [4.78, 5) is 39.9. The van der Waals surface area contributed by atoms with Crippen LogP contribution in [0.15, 0.2) is 16.7 Å². The third-order valence-electron chi connectivity index (χ3n) is 5.76. The number of likely N-dealkylation sites (tertiary alicyclic amines) is 2. The standard InChI is InChI=1S/C18H27N3O3.C2HF3O2/c1-14-15(5-13-24-14)17(23)20-9-7-18(8-10-20)6-4-16(22)21(18)12-11-19(2)3;3-2(4,5)1(6)7/h5,13H,4,6-12H2,1-3H3;(H,6,7). The first-order valence-electron chi connectivity index (χ1n) is 9.96. The average molecular weight is 447 g/mol. The predicted molar refractivity (Wildman–Crippen MR) is 105 cm³/mol. The van der Waals surface area contributed by atoms with Crippen molar-refractivity contribution in [1.82, 2.24) is 14.7 Å². The number of aryl methyl sites for hydroxylation is 1. The minimum absolute atomic E-state index is 0.0419. The number of hydrogen-bond acceptors (Lipinski definition) is 5. The molecule has 2 fully saturated rings. The minimum Gasteiger partial charge on any atom is -0.475 e. The summed E-state index contributed by atoms with van der Waals surface area (Å²) in [6.45, 7) is 4.88. The molecule has 174 valence electrons. The van der Waals surface area contributed by atoms with Crippen LogP contribution in [0.25, 0.3) is 0 Å². The van der Waals surface area contributed by atoms with Crippen LogP contribution in [0.5, 0.6) is 0 Å². The first-order chi connectivity index (χ1) is 14.4. The van der Waals surface area contributed by atoms with Gasteiger partial charge in [-0.05, 0) is 46.3 Å². The molecule has 1 aromatic heterocycles. The third kappa shape index (κ3) is 5.99. The monoisotopic (exact) mass is 447 g/mol. The van der Waals surface area contributed by atoms with Crippen molar-refractivity contribution in [3.63, 3.8) is 0 Å². The normalized spacial score (nSPS) is 18.4. The van der Waals surface area contributed by atoms with Gasteiger partial charge in [0.05, 0.1) is 11.8 Å². The van der Waals surface area contributed by atoms with Crippen LogP contribution in [0.3, 0.4) is 0 Å². The van der Waals surface area contributed by atoms with Crippen molar-refractivity contribution in [2.24, 2.45) is 0 Å². The van der Waals surface area contributed by atoms with Crippen LogP contribution in [-0.4, -0.2) is 89.6 Å². The highest BCUT2D eigenvalue weighted by Crippen LogP contribution is 2.39. The zero-order chi connectivity index (χ0) is 23.4. The van der Waals surface area contributed by atoms with E-state index in [1.54, 1.807) is 12.3 Å². The van der Waals surface area contributed by atoms with Gasteiger partial charge in [-0.2, -0.15) is 13.2 Å². The molecule has 2 aliphatic rings. The van der Waals surface area contributed by atoms with E-state index < -0.39 is 12.1 Å². The maximum atomic E-state index is 12.6. The molecule has 0 aromatic carbocycles. The number of aliphatic carboxylic acids is 1. The molecule has 3 rings (SSSR count). The van der Waals surface area contributed by atoms with Gasteiger partial charge in [0.15, 0.2) is 0 Å². The fourth-order valence-electron chi connectivity index (χ4n) is 3.96. The number of amides is 2. The number of carbonyl (C=O) groups excluding carboxylic acids is 2. The smallest absolute Gasteiger partial charge is 0.475 e. The summed E-state index contributed by atoms with van der Waals surface area (Å²) in [7, 11) is 4.06. The van der Waals surface area contributed by atoms with Gasteiger partial charge in [-0.3, -0.25) is 9.59 Å². The first-order valence-corrected chi connectivity index (χ1v) is 9.96. The second kappa shape index (κ2) is 9.71. The van der Waals surface area contributed by atoms with Crippen molar-refractivity contribution in [3.8, 4) is 0 Å². The summed E-state index contributed by atoms with van der Waals surface area (Å²) in [5.41, 5.74) is 0.605. The molecule has 2 aliphatic heterocycles. The molecule has 2 saturated heterocycles. The Labute approximate surface area is 178 Å². The van der Waals surface area contributed by atoms with Gasteiger partial charge in [-0.1, -0.05) is 0 Å². The van der Waals surface area contributed by atoms with Gasteiger partial charge >= 0.3 is 12.1 Å². The summed E-state index contributed by atoms with van der Waals surface area (Å²) in [6, 6.07) is 1.74. The van der Waals surface area contributed by atoms with E-state index in [-0.39, 0.29) is 17.4 Å². The predicted octanol–water partition coefficient (Wildman–Crippen LogP) is 2.38. The van der Waals surface area contributed by atoms with Crippen LogP contribution in [0.2, 0.25) is 0 Å². The van der Waals surface area contributed by atoms with E-state index in [4.69, 9.17) is 14.3 Å². The minimum atomic E-state index is -5.08. The van der Waals surface area contributed by atoms with E-state index in [2.05, 4.69) is 9.80 Å². The number of nitrogens with zero attached hydrogens (tertiary/aromatic N) is 3. The maximum Gasteiger partial charge on any atom is 0.490 e. The molecule has 0 aliphatic carbocycles. The van der Waals surface area contributed by atoms with Crippen LogP contribution < -0.4 is 0 Å². The molecular formula is C20H28F3N3O5. The lowest BCUT2D eigenvalue weighted by atomic mass is 9.84. The van der Waals surface area contributed by atoms with Crippen molar-refractivity contribution < 1.29 is 37.1 Å². The Kier molecular flexibility index (Phi) is 7.74. The highest BCUT2D eigenvalue weighted by Gasteiger charge is 2.47. The van der Waals surface area contributed by atoms with Gasteiger partial charge in [0.1, 0.15) is 5.76 Å². The molecule has 2 amide bonds. The summed E-state index contributed by atoms with van der Waals surface area (Å²) in [5, 5.41) is 7.12. The number of rotatable bonds is 4. The Morgan fingerprint density at radius 1 is 1.23 bits per heavy atom. The molecule has 0 bridgehead atoms. The van der Waals surface area contributed by atoms with Crippen LogP contribution in [0.1, 0.15) is 41.8 Å². The van der Waals surface area contributed by atoms with Crippen LogP contribution >= 0.6 is 0 Å². The molecule has 0 atom stereocenters. The van der Waals surface area contributed by atoms with Gasteiger partial charge in [-0.25, -0.2) is 4.79 Å². The fourth-order valence-corrected chi connectivity index (χ4v) is 3.96. The average Bonchev–Trinajstić information content (AvgIpc) is 3.24. The van der Waals surface area contributed by atoms with E-state index in [1.165, 1.54) is 0 Å². The molecule has 0 radical (unpaired) electrons. The van der Waals surface area contributed by atoms with Crippen molar-refractivity contribution in [1.29, 1.82) is 0 Å². The van der Waals surface area contributed by atoms with E-state index in [0.29, 0.717) is 30.8 Å². The third-order valence-corrected chi connectivity index (χ3v) is 5.76. The van der Waals surface area contributed by atoms with Crippen LogP contribution in [0, 0.1) is 6.92 Å². The Morgan fingerprint density at radius 3 is 2.26 bits per heavy atom. The topological polar surface area (TPSA) is 94.3 Å². The van der Waals surface area contributed by atoms with Gasteiger partial charge in [0.25, 0.3) is 5.91 Å². The van der Waals surface area contributed by atoms with E-state index in [0.717, 1.165) is 32.4 Å². The fraction of sp³-hybridized carbons (Fsp3) is 0.650. The number of hydrogen-bond donors (Lipinski definition) is 1. The molecule has 0 unspecified atom stereocenters. The van der Waals surface area contributed by atoms with Crippen molar-refractivity contribution in [3.05, 3.63) is 23.7 Å². The lowest BCUT2D eigenvalue weighted by Gasteiger charge is -2.45. The second-order valence-electron chi connectivity index (χ2n) is 8.06. The lowest BCUT2D eigenvalue weighted by Crippen LogP contribution is -2.55. The Morgan fingerprint density at radius 2 is 1.81 bits per heavy atom. The molecule has 1 N–H and O–H groups in total. The van der Waals surface area contributed by atoms with E-state index in [1.807, 2.05) is 25.9 Å². The lowest BCUT2D eigenvalue weighted by molar-refractivity contribution is -0.192. The highest BCUT2D eigenvalue weighted by molar-refractivity contribution is 5.95. The molecule has 1 spiro atoms. The van der Waals surface area contributed by atoms with Gasteiger partial charge in [0.2, 0.25) is 5.91 Å². The molecule has 1 aromatic rings. The maximum absolute atomic E-state index is 12.6. The SMILES string of the molecule is Cc1occc1C(=O)N1CCC2(CCC(=O)N2CCN(C)C)CC1.O=C(O)C(F)(F)F. The van der Waals surface area contributed by atoms with Gasteiger partial charge in [0, 0.05) is 38.1 Å². The van der Waals surface area contributed by atoms with Crippen LogP contribution in [-0.2, 0) is 9.59 Å². The van der Waals surface area contributed by atoms with Crippen molar-refractivity contribution >= 4 is 17.8 Å². The summed E-state index contributed by atoms with van der Waals surface area (Å²) in [6.07, 6.45) is -0.218. The Hall–Kier alpha value is -2.56. The Bertz CT molecular complexity index is 798. The van der Waals surface area contributed by atoms with Crippen LogP contribution in [0.4, 0.5) is 13.2 Å². The van der Waals surface area contributed by atoms with Gasteiger partial charge in [-0.15, -0.1) is 0 Å². The number of carboxylic acids is 1. The zero-order valence-corrected chi connectivity index (χ0v) is 17.9. The molecule has 31 heavy (non-hydrogen) atoms. The molecule has 8 nitrogen and oxygen atoms in total. The summed E-state index contributed by atoms with van der Waals surface area (Å²) in [5.74, 6) is -1.78. The summed E-state index contributed by atoms with van der Waals surface area (Å²) < 4.78 is 37.0. The molecule has 11 heteroatoms. The number of likely N-dealkylation sites (N-methyl/N-ethyl adjacent to an activating group) is 1. The van der Waals surface area contributed by atoms with E-state index >= 15 is 0 Å². The van der Waals surface area contributed by atoms with Gasteiger partial charge < -0.3 is 24.2 Å². The Balaban J connectivity index is 0.000000423. The van der Waals surface area contributed by atoms with E-state index in [9.17, 15) is 22.8 Å². The number of piperidine rings is 1. The van der Waals surface area contributed by atoms with Crippen molar-refractivity contribution in [2.75, 3.05) is 40.3 Å². The number of carboxylic acid groups (broad SMARTS) is 1. The highest BCUT2D eigenvalue weighted by atomic mass is 19.4. The number of carbonyl (C=O) groups is 3. The molecule has 0 saturated carbocycles. The second-order valence-corrected chi connectivity index (χ2v) is 8.06.